The van der Waals surface area contributed by atoms with Crippen LogP contribution in [0.2, 0.25) is 0 Å². The van der Waals surface area contributed by atoms with Gasteiger partial charge in [-0.2, -0.15) is 0 Å². The number of imidazole rings is 1. The van der Waals surface area contributed by atoms with Crippen LogP contribution in [0.15, 0.2) is 12.5 Å². The average Bonchev–Trinajstić information content (AvgIpc) is 2.65. The van der Waals surface area contributed by atoms with E-state index >= 15 is 0 Å². The summed E-state index contributed by atoms with van der Waals surface area (Å²) in [5, 5.41) is 2.64. The molecule has 0 atom stereocenters. The molecule has 0 aliphatic rings. The Kier molecular flexibility index (Phi) is 4.49. The number of methoxy groups -OCH3 is 1. The molecule has 15 heavy (non-hydrogen) atoms. The highest BCUT2D eigenvalue weighted by Crippen LogP contribution is 1.94. The molecule has 0 radical (unpaired) electrons. The molecule has 82 valence electrons. The number of ether oxygens (including phenoxy) is 1. The molecular weight excluding hydrogens is 198 g/mol. The predicted octanol–water partition coefficient (Wildman–Crippen LogP) is -0.542. The van der Waals surface area contributed by atoms with Crippen LogP contribution in [0.4, 0.5) is 0 Å². The molecule has 0 aliphatic carbocycles. The minimum absolute atomic E-state index is 0.0950. The van der Waals surface area contributed by atoms with E-state index in [1.807, 2.05) is 0 Å². The fourth-order valence-corrected chi connectivity index (χ4v) is 1.06. The van der Waals surface area contributed by atoms with Gasteiger partial charge in [-0.3, -0.25) is 9.59 Å². The van der Waals surface area contributed by atoms with E-state index in [0.29, 0.717) is 25.1 Å². The zero-order chi connectivity index (χ0) is 11.1. The van der Waals surface area contributed by atoms with Crippen LogP contribution in [-0.4, -0.2) is 42.0 Å². The van der Waals surface area contributed by atoms with Gasteiger partial charge in [-0.05, 0) is 0 Å². The second kappa shape index (κ2) is 5.92. The zero-order valence-electron chi connectivity index (χ0n) is 8.47. The van der Waals surface area contributed by atoms with Crippen molar-refractivity contribution in [1.29, 1.82) is 0 Å². The van der Waals surface area contributed by atoms with E-state index in [1.165, 1.54) is 17.1 Å². The summed E-state index contributed by atoms with van der Waals surface area (Å²) < 4.78 is 6.26. The molecule has 0 aromatic carbocycles. The summed E-state index contributed by atoms with van der Waals surface area (Å²) in [6.07, 6.45) is 3.52. The Hall–Kier alpha value is -1.69. The molecule has 0 bridgehead atoms. The third kappa shape index (κ3) is 3.51. The molecule has 1 amide bonds. The van der Waals surface area contributed by atoms with Crippen LogP contribution in [0.5, 0.6) is 0 Å². The van der Waals surface area contributed by atoms with Crippen LogP contribution < -0.4 is 5.32 Å². The van der Waals surface area contributed by atoms with Gasteiger partial charge in [-0.15, -0.1) is 0 Å². The van der Waals surface area contributed by atoms with Crippen LogP contribution in [0, 0.1) is 0 Å². The summed E-state index contributed by atoms with van der Waals surface area (Å²) in [5.74, 6) is -0.173. The van der Waals surface area contributed by atoms with Crippen molar-refractivity contribution in [3.8, 4) is 0 Å². The highest BCUT2D eigenvalue weighted by molar-refractivity contribution is 5.78. The molecule has 1 rings (SSSR count). The lowest BCUT2D eigenvalue weighted by Crippen LogP contribution is -2.30. The summed E-state index contributed by atoms with van der Waals surface area (Å²) in [6.45, 7) is 1.02. The molecule has 0 spiro atoms. The van der Waals surface area contributed by atoms with Gasteiger partial charge in [0.25, 0.3) is 0 Å². The van der Waals surface area contributed by atoms with E-state index in [4.69, 9.17) is 4.74 Å². The molecule has 1 aromatic rings. The average molecular weight is 211 g/mol. The third-order valence-corrected chi connectivity index (χ3v) is 1.81. The molecule has 0 saturated carbocycles. The second-order valence-electron chi connectivity index (χ2n) is 2.91. The smallest absolute Gasteiger partial charge is 0.240 e. The Balaban J connectivity index is 2.40. The monoisotopic (exact) mass is 211 g/mol. The van der Waals surface area contributed by atoms with Gasteiger partial charge >= 0.3 is 0 Å². The normalized spacial score (nSPS) is 9.93. The number of hydrogen-bond donors (Lipinski definition) is 1. The Bertz CT molecular complexity index is 335. The predicted molar refractivity (Wildman–Crippen MR) is 52.5 cm³/mol. The first-order chi connectivity index (χ1) is 7.27. The molecule has 1 N–H and O–H groups in total. The number of nitrogens with one attached hydrogen (secondary N) is 1. The largest absolute Gasteiger partial charge is 0.383 e. The first-order valence-corrected chi connectivity index (χ1v) is 4.49. The summed E-state index contributed by atoms with van der Waals surface area (Å²) in [6, 6.07) is 0. The van der Waals surface area contributed by atoms with Crippen molar-refractivity contribution in [2.75, 3.05) is 20.3 Å². The SMILES string of the molecule is COCCNC(=O)Cn1cncc1C=O. The molecule has 1 aromatic heterocycles. The molecule has 6 heteroatoms. The van der Waals surface area contributed by atoms with Crippen molar-refractivity contribution in [2.45, 2.75) is 6.54 Å². The highest BCUT2D eigenvalue weighted by atomic mass is 16.5. The fraction of sp³-hybridized carbons (Fsp3) is 0.444. The summed E-state index contributed by atoms with van der Waals surface area (Å²) in [4.78, 5) is 25.6. The lowest BCUT2D eigenvalue weighted by Gasteiger charge is -2.05. The molecular formula is C9H13N3O3. The lowest BCUT2D eigenvalue weighted by molar-refractivity contribution is -0.121. The molecule has 1 heterocycles. The number of nitrogens with zero attached hydrogens (tertiary/aromatic N) is 2. The quantitative estimate of drug-likeness (QED) is 0.506. The standard InChI is InChI=1S/C9H13N3O3/c1-15-3-2-11-9(14)5-12-7-10-4-8(12)6-13/h4,6-7H,2-3,5H2,1H3,(H,11,14). The van der Waals surface area contributed by atoms with Gasteiger partial charge in [-0.25, -0.2) is 4.98 Å². The van der Waals surface area contributed by atoms with Crippen LogP contribution in [0.1, 0.15) is 10.5 Å². The molecule has 0 unspecified atom stereocenters. The van der Waals surface area contributed by atoms with Crippen molar-refractivity contribution in [1.82, 2.24) is 14.9 Å². The highest BCUT2D eigenvalue weighted by Gasteiger charge is 2.05. The summed E-state index contributed by atoms with van der Waals surface area (Å²) >= 11 is 0. The minimum Gasteiger partial charge on any atom is -0.383 e. The lowest BCUT2D eigenvalue weighted by atomic mass is 10.4. The molecule has 6 nitrogen and oxygen atoms in total. The maximum Gasteiger partial charge on any atom is 0.240 e. The molecule has 0 saturated heterocycles. The number of amides is 1. The summed E-state index contributed by atoms with van der Waals surface area (Å²) in [5.41, 5.74) is 0.386. The Morgan fingerprint density at radius 3 is 3.20 bits per heavy atom. The second-order valence-corrected chi connectivity index (χ2v) is 2.91. The van der Waals surface area contributed by atoms with Gasteiger partial charge < -0.3 is 14.6 Å². The number of carbonyl (C=O) groups excluding carboxylic acids is 2. The maximum absolute atomic E-state index is 11.3. The van der Waals surface area contributed by atoms with Gasteiger partial charge in [-0.1, -0.05) is 0 Å². The van der Waals surface area contributed by atoms with Crippen LogP contribution in [0.3, 0.4) is 0 Å². The topological polar surface area (TPSA) is 73.2 Å². The number of rotatable bonds is 6. The Morgan fingerprint density at radius 2 is 2.53 bits per heavy atom. The van der Waals surface area contributed by atoms with Crippen molar-refractivity contribution in [3.63, 3.8) is 0 Å². The third-order valence-electron chi connectivity index (χ3n) is 1.81. The Labute approximate surface area is 87.2 Å². The maximum atomic E-state index is 11.3. The van der Waals surface area contributed by atoms with Crippen molar-refractivity contribution in [2.24, 2.45) is 0 Å². The van der Waals surface area contributed by atoms with E-state index in [0.717, 1.165) is 0 Å². The number of carbonyl (C=O) groups is 2. The van der Waals surface area contributed by atoms with Crippen LogP contribution >= 0.6 is 0 Å². The van der Waals surface area contributed by atoms with Gasteiger partial charge in [0, 0.05) is 13.7 Å². The van der Waals surface area contributed by atoms with Gasteiger partial charge in [0.15, 0.2) is 6.29 Å². The van der Waals surface area contributed by atoms with Crippen molar-refractivity contribution in [3.05, 3.63) is 18.2 Å². The van der Waals surface area contributed by atoms with Gasteiger partial charge in [0.05, 0.1) is 19.1 Å². The van der Waals surface area contributed by atoms with E-state index in [1.54, 1.807) is 7.11 Å². The van der Waals surface area contributed by atoms with Gasteiger partial charge in [0.1, 0.15) is 12.2 Å². The Morgan fingerprint density at radius 1 is 1.73 bits per heavy atom. The fourth-order valence-electron chi connectivity index (χ4n) is 1.06. The van der Waals surface area contributed by atoms with E-state index in [-0.39, 0.29) is 12.5 Å². The molecule has 0 aliphatic heterocycles. The zero-order valence-corrected chi connectivity index (χ0v) is 8.47. The minimum atomic E-state index is -0.173. The number of hydrogen-bond acceptors (Lipinski definition) is 4. The first-order valence-electron chi connectivity index (χ1n) is 4.49. The molecule has 0 fully saturated rings. The van der Waals surface area contributed by atoms with E-state index < -0.39 is 0 Å². The van der Waals surface area contributed by atoms with E-state index in [9.17, 15) is 9.59 Å². The van der Waals surface area contributed by atoms with Crippen LogP contribution in [-0.2, 0) is 16.1 Å². The number of aldehydes is 1. The summed E-state index contributed by atoms with van der Waals surface area (Å²) in [7, 11) is 1.56. The van der Waals surface area contributed by atoms with Crippen molar-refractivity contribution >= 4 is 12.2 Å². The van der Waals surface area contributed by atoms with Crippen molar-refractivity contribution < 1.29 is 14.3 Å². The number of aromatic nitrogens is 2. The van der Waals surface area contributed by atoms with E-state index in [2.05, 4.69) is 10.3 Å². The van der Waals surface area contributed by atoms with Crippen LogP contribution in [0.25, 0.3) is 0 Å². The first kappa shape index (κ1) is 11.4. The van der Waals surface area contributed by atoms with Gasteiger partial charge in [0.2, 0.25) is 5.91 Å².